The van der Waals surface area contributed by atoms with E-state index in [1.807, 2.05) is 6.20 Å². The van der Waals surface area contributed by atoms with Crippen molar-refractivity contribution < 1.29 is 9.47 Å². The quantitative estimate of drug-likeness (QED) is 0.857. The Balaban J connectivity index is 2.14. The van der Waals surface area contributed by atoms with E-state index >= 15 is 0 Å². The van der Waals surface area contributed by atoms with E-state index in [0.29, 0.717) is 12.0 Å². The average molecular weight is 264 g/mol. The van der Waals surface area contributed by atoms with Crippen LogP contribution in [-0.4, -0.2) is 31.9 Å². The molecule has 1 aromatic rings. The molecule has 0 bridgehead atoms. The molecule has 2 unspecified atom stereocenters. The summed E-state index contributed by atoms with van der Waals surface area (Å²) in [6, 6.07) is 2.39. The minimum atomic E-state index is 0.308. The molecule has 4 heteroatoms. The zero-order valence-corrected chi connectivity index (χ0v) is 11.9. The molecule has 1 N–H and O–H groups in total. The van der Waals surface area contributed by atoms with Gasteiger partial charge in [-0.05, 0) is 37.4 Å². The van der Waals surface area contributed by atoms with E-state index < -0.39 is 0 Å². The van der Waals surface area contributed by atoms with E-state index in [2.05, 4.69) is 23.3 Å². The Morgan fingerprint density at radius 2 is 2.42 bits per heavy atom. The van der Waals surface area contributed by atoms with Crippen LogP contribution in [0.15, 0.2) is 18.5 Å². The predicted octanol–water partition coefficient (Wildman–Crippen LogP) is 2.56. The molecule has 4 nitrogen and oxygen atoms in total. The number of methoxy groups -OCH3 is 1. The molecule has 1 aliphatic heterocycles. The number of rotatable bonds is 6. The third-order valence-corrected chi connectivity index (χ3v) is 3.61. The summed E-state index contributed by atoms with van der Waals surface area (Å²) in [6.45, 7) is 4.93. The molecule has 1 saturated heterocycles. The van der Waals surface area contributed by atoms with Crippen molar-refractivity contribution in [2.24, 2.45) is 5.92 Å². The summed E-state index contributed by atoms with van der Waals surface area (Å²) >= 11 is 0. The Labute approximate surface area is 115 Å². The van der Waals surface area contributed by atoms with Crippen LogP contribution in [-0.2, 0) is 4.74 Å². The molecular formula is C15H24N2O2. The zero-order chi connectivity index (χ0) is 13.5. The van der Waals surface area contributed by atoms with Gasteiger partial charge in [-0.2, -0.15) is 0 Å². The number of hydrogen-bond donors (Lipinski definition) is 1. The lowest BCUT2D eigenvalue weighted by Gasteiger charge is -2.31. The molecule has 1 aromatic heterocycles. The van der Waals surface area contributed by atoms with Gasteiger partial charge in [0.15, 0.2) is 0 Å². The fourth-order valence-corrected chi connectivity index (χ4v) is 2.60. The van der Waals surface area contributed by atoms with Gasteiger partial charge in [-0.25, -0.2) is 0 Å². The molecule has 0 spiro atoms. The van der Waals surface area contributed by atoms with Crippen molar-refractivity contribution in [3.63, 3.8) is 0 Å². The maximum atomic E-state index is 5.63. The zero-order valence-electron chi connectivity index (χ0n) is 11.9. The highest BCUT2D eigenvalue weighted by Gasteiger charge is 2.25. The SMILES string of the molecule is CCCNC(c1cncc(OC)c1)C1CCCOC1. The summed E-state index contributed by atoms with van der Waals surface area (Å²) < 4.78 is 10.9. The van der Waals surface area contributed by atoms with Crippen LogP contribution in [0.4, 0.5) is 0 Å². The number of nitrogens with one attached hydrogen (secondary N) is 1. The minimum absolute atomic E-state index is 0.308. The standard InChI is InChI=1S/C15H24N2O2/c1-3-6-17-15(12-5-4-7-19-11-12)13-8-14(18-2)10-16-9-13/h8-10,12,15,17H,3-7,11H2,1-2H3. The first-order valence-electron chi connectivity index (χ1n) is 7.15. The van der Waals surface area contributed by atoms with Crippen LogP contribution >= 0.6 is 0 Å². The van der Waals surface area contributed by atoms with Gasteiger partial charge in [0.25, 0.3) is 0 Å². The minimum Gasteiger partial charge on any atom is -0.495 e. The molecule has 2 atom stereocenters. The van der Waals surface area contributed by atoms with Gasteiger partial charge in [0.1, 0.15) is 5.75 Å². The molecule has 1 fully saturated rings. The van der Waals surface area contributed by atoms with Crippen molar-refractivity contribution >= 4 is 0 Å². The van der Waals surface area contributed by atoms with Gasteiger partial charge in [0, 0.05) is 24.8 Å². The van der Waals surface area contributed by atoms with E-state index in [4.69, 9.17) is 9.47 Å². The van der Waals surface area contributed by atoms with Crippen LogP contribution in [0, 0.1) is 5.92 Å². The summed E-state index contributed by atoms with van der Waals surface area (Å²) in [4.78, 5) is 4.27. The molecule has 0 aliphatic carbocycles. The van der Waals surface area contributed by atoms with Gasteiger partial charge >= 0.3 is 0 Å². The van der Waals surface area contributed by atoms with E-state index in [0.717, 1.165) is 38.3 Å². The van der Waals surface area contributed by atoms with Crippen molar-refractivity contribution in [2.45, 2.75) is 32.2 Å². The first-order chi connectivity index (χ1) is 9.35. The number of aromatic nitrogens is 1. The molecule has 106 valence electrons. The van der Waals surface area contributed by atoms with Gasteiger partial charge in [0.2, 0.25) is 0 Å². The maximum Gasteiger partial charge on any atom is 0.137 e. The van der Waals surface area contributed by atoms with Crippen LogP contribution < -0.4 is 10.1 Å². The highest BCUT2D eigenvalue weighted by atomic mass is 16.5. The van der Waals surface area contributed by atoms with Crippen molar-refractivity contribution in [2.75, 3.05) is 26.9 Å². The van der Waals surface area contributed by atoms with Gasteiger partial charge < -0.3 is 14.8 Å². The first-order valence-corrected chi connectivity index (χ1v) is 7.15. The molecule has 0 radical (unpaired) electrons. The molecule has 0 aromatic carbocycles. The second kappa shape index (κ2) is 7.46. The number of pyridine rings is 1. The van der Waals surface area contributed by atoms with E-state index in [1.165, 1.54) is 12.0 Å². The highest BCUT2D eigenvalue weighted by Crippen LogP contribution is 2.30. The lowest BCUT2D eigenvalue weighted by Crippen LogP contribution is -2.34. The summed E-state index contributed by atoms with van der Waals surface area (Å²) in [5.41, 5.74) is 1.20. The fourth-order valence-electron chi connectivity index (χ4n) is 2.60. The van der Waals surface area contributed by atoms with Crippen LogP contribution in [0.1, 0.15) is 37.8 Å². The average Bonchev–Trinajstić information content (AvgIpc) is 2.49. The van der Waals surface area contributed by atoms with Crippen LogP contribution in [0.2, 0.25) is 0 Å². The molecular weight excluding hydrogens is 240 g/mol. The van der Waals surface area contributed by atoms with Gasteiger partial charge in [-0.1, -0.05) is 6.92 Å². The molecule has 2 heterocycles. The van der Waals surface area contributed by atoms with Crippen LogP contribution in [0.25, 0.3) is 0 Å². The van der Waals surface area contributed by atoms with E-state index in [-0.39, 0.29) is 0 Å². The molecule has 0 amide bonds. The lowest BCUT2D eigenvalue weighted by atomic mass is 9.89. The largest absolute Gasteiger partial charge is 0.495 e. The summed E-state index contributed by atoms with van der Waals surface area (Å²) in [6.07, 6.45) is 7.16. The van der Waals surface area contributed by atoms with Crippen molar-refractivity contribution in [3.8, 4) is 5.75 Å². The first kappa shape index (κ1) is 14.3. The van der Waals surface area contributed by atoms with E-state index in [9.17, 15) is 0 Å². The summed E-state index contributed by atoms with van der Waals surface area (Å²) in [7, 11) is 1.68. The normalized spacial score (nSPS) is 21.1. The third-order valence-electron chi connectivity index (χ3n) is 3.61. The fraction of sp³-hybridized carbons (Fsp3) is 0.667. The molecule has 0 saturated carbocycles. The lowest BCUT2D eigenvalue weighted by molar-refractivity contribution is 0.0389. The maximum absolute atomic E-state index is 5.63. The van der Waals surface area contributed by atoms with Crippen molar-refractivity contribution in [3.05, 3.63) is 24.0 Å². The second-order valence-electron chi connectivity index (χ2n) is 5.07. The number of nitrogens with zero attached hydrogens (tertiary/aromatic N) is 1. The topological polar surface area (TPSA) is 43.4 Å². The van der Waals surface area contributed by atoms with Crippen molar-refractivity contribution in [1.29, 1.82) is 0 Å². The summed E-state index contributed by atoms with van der Waals surface area (Å²) in [5, 5.41) is 3.63. The van der Waals surface area contributed by atoms with Gasteiger partial charge in [0.05, 0.1) is 19.9 Å². The molecule has 19 heavy (non-hydrogen) atoms. The Morgan fingerprint density at radius 1 is 1.53 bits per heavy atom. The van der Waals surface area contributed by atoms with Crippen LogP contribution in [0.3, 0.4) is 0 Å². The monoisotopic (exact) mass is 264 g/mol. The van der Waals surface area contributed by atoms with Gasteiger partial charge in [-0.3, -0.25) is 4.98 Å². The van der Waals surface area contributed by atoms with Crippen molar-refractivity contribution in [1.82, 2.24) is 10.3 Å². The van der Waals surface area contributed by atoms with Crippen LogP contribution in [0.5, 0.6) is 5.75 Å². The molecule has 1 aliphatic rings. The number of ether oxygens (including phenoxy) is 2. The Morgan fingerprint density at radius 3 is 3.11 bits per heavy atom. The Kier molecular flexibility index (Phi) is 5.61. The Bertz CT molecular complexity index is 378. The Hall–Kier alpha value is -1.13. The summed E-state index contributed by atoms with van der Waals surface area (Å²) in [5.74, 6) is 1.34. The molecule has 2 rings (SSSR count). The predicted molar refractivity (Wildman–Crippen MR) is 75.4 cm³/mol. The second-order valence-corrected chi connectivity index (χ2v) is 5.07. The van der Waals surface area contributed by atoms with Gasteiger partial charge in [-0.15, -0.1) is 0 Å². The number of hydrogen-bond acceptors (Lipinski definition) is 4. The smallest absolute Gasteiger partial charge is 0.137 e. The highest BCUT2D eigenvalue weighted by molar-refractivity contribution is 5.26. The third kappa shape index (κ3) is 3.91. The van der Waals surface area contributed by atoms with E-state index in [1.54, 1.807) is 13.3 Å².